The Morgan fingerprint density at radius 3 is 2.40 bits per heavy atom. The lowest BCUT2D eigenvalue weighted by Gasteiger charge is -2.06. The molecule has 0 unspecified atom stereocenters. The van der Waals surface area contributed by atoms with E-state index in [0.29, 0.717) is 5.56 Å². The minimum absolute atomic E-state index is 0.100. The van der Waals surface area contributed by atoms with Crippen molar-refractivity contribution in [3.05, 3.63) is 59.9 Å². The maximum absolute atomic E-state index is 13.5. The molecular weight excluding hydrogens is 355 g/mol. The van der Waals surface area contributed by atoms with Crippen molar-refractivity contribution in [2.45, 2.75) is 5.22 Å². The number of halogens is 3. The number of carbonyl (C=O) groups excluding carboxylic acids is 1. The Morgan fingerprint density at radius 2 is 1.72 bits per heavy atom. The molecule has 0 spiro atoms. The highest BCUT2D eigenvalue weighted by molar-refractivity contribution is 7.99. The average Bonchev–Trinajstić information content (AvgIpc) is 3.06. The maximum Gasteiger partial charge on any atom is 0.277 e. The van der Waals surface area contributed by atoms with Gasteiger partial charge in [-0.05, 0) is 36.4 Å². The van der Waals surface area contributed by atoms with Crippen LogP contribution < -0.4 is 5.32 Å². The number of hydrogen-bond acceptors (Lipinski definition) is 5. The lowest BCUT2D eigenvalue weighted by atomic mass is 10.2. The highest BCUT2D eigenvalue weighted by Gasteiger charge is 2.14. The summed E-state index contributed by atoms with van der Waals surface area (Å²) in [5.41, 5.74) is 0.0178. The van der Waals surface area contributed by atoms with Gasteiger partial charge < -0.3 is 9.73 Å². The molecule has 9 heteroatoms. The van der Waals surface area contributed by atoms with E-state index in [1.807, 2.05) is 0 Å². The molecule has 0 saturated heterocycles. The van der Waals surface area contributed by atoms with E-state index in [4.69, 9.17) is 4.42 Å². The van der Waals surface area contributed by atoms with Crippen molar-refractivity contribution >= 4 is 23.4 Å². The van der Waals surface area contributed by atoms with Crippen molar-refractivity contribution in [2.75, 3.05) is 11.1 Å². The lowest BCUT2D eigenvalue weighted by Crippen LogP contribution is -2.16. The second-order valence-electron chi connectivity index (χ2n) is 4.81. The van der Waals surface area contributed by atoms with Crippen molar-refractivity contribution in [3.63, 3.8) is 0 Å². The fourth-order valence-electron chi connectivity index (χ4n) is 1.90. The summed E-state index contributed by atoms with van der Waals surface area (Å²) in [6, 6.07) is 8.74. The van der Waals surface area contributed by atoms with Crippen LogP contribution in [-0.2, 0) is 4.79 Å². The predicted octanol–water partition coefficient (Wildman–Crippen LogP) is 3.88. The van der Waals surface area contributed by atoms with E-state index >= 15 is 0 Å². The van der Waals surface area contributed by atoms with Gasteiger partial charge in [0.1, 0.15) is 23.1 Å². The zero-order chi connectivity index (χ0) is 17.8. The second-order valence-corrected chi connectivity index (χ2v) is 5.74. The summed E-state index contributed by atoms with van der Waals surface area (Å²) in [4.78, 5) is 11.8. The first kappa shape index (κ1) is 17.0. The van der Waals surface area contributed by atoms with Crippen LogP contribution in [0.15, 0.2) is 52.1 Å². The van der Waals surface area contributed by atoms with Crippen molar-refractivity contribution < 1.29 is 22.4 Å². The van der Waals surface area contributed by atoms with Gasteiger partial charge in [0, 0.05) is 5.56 Å². The minimum atomic E-state index is -0.866. The molecule has 1 heterocycles. The highest BCUT2D eigenvalue weighted by Crippen LogP contribution is 2.24. The molecule has 0 radical (unpaired) electrons. The van der Waals surface area contributed by atoms with Gasteiger partial charge in [-0.3, -0.25) is 4.79 Å². The number of carbonyl (C=O) groups is 1. The number of para-hydroxylation sites is 1. The number of hydrogen-bond donors (Lipinski definition) is 1. The Morgan fingerprint density at radius 1 is 1.04 bits per heavy atom. The van der Waals surface area contributed by atoms with Gasteiger partial charge in [-0.1, -0.05) is 17.8 Å². The number of rotatable bonds is 5. The molecule has 0 bridgehead atoms. The van der Waals surface area contributed by atoms with Gasteiger partial charge in [-0.25, -0.2) is 13.2 Å². The van der Waals surface area contributed by atoms with Gasteiger partial charge in [0.05, 0.1) is 5.75 Å². The Kier molecular flexibility index (Phi) is 5.03. The van der Waals surface area contributed by atoms with Gasteiger partial charge in [0.2, 0.25) is 11.8 Å². The van der Waals surface area contributed by atoms with Crippen molar-refractivity contribution in [1.29, 1.82) is 0 Å². The molecule has 3 aromatic rings. The van der Waals surface area contributed by atoms with Gasteiger partial charge in [-0.15, -0.1) is 10.2 Å². The van der Waals surface area contributed by atoms with Crippen LogP contribution in [0.3, 0.4) is 0 Å². The van der Waals surface area contributed by atoms with Gasteiger partial charge in [-0.2, -0.15) is 0 Å². The molecule has 0 aliphatic heterocycles. The standard InChI is InChI=1S/C16H10F3N3O2S/c17-10-6-4-9(5-7-10)15-21-22-16(24-15)25-8-13(23)20-14-11(18)2-1-3-12(14)19/h1-7H,8H2,(H,20,23). The molecular formula is C16H10F3N3O2S. The van der Waals surface area contributed by atoms with E-state index in [-0.39, 0.29) is 16.9 Å². The summed E-state index contributed by atoms with van der Waals surface area (Å²) in [6.45, 7) is 0. The fraction of sp³-hybridized carbons (Fsp3) is 0.0625. The number of amides is 1. The number of benzene rings is 2. The summed E-state index contributed by atoms with van der Waals surface area (Å²) in [7, 11) is 0. The quantitative estimate of drug-likeness (QED) is 0.695. The van der Waals surface area contributed by atoms with Crippen LogP contribution in [0, 0.1) is 17.5 Å². The minimum Gasteiger partial charge on any atom is -0.411 e. The third-order valence-corrected chi connectivity index (χ3v) is 3.87. The van der Waals surface area contributed by atoms with Crippen molar-refractivity contribution in [2.24, 2.45) is 0 Å². The van der Waals surface area contributed by atoms with Crippen molar-refractivity contribution in [1.82, 2.24) is 10.2 Å². The van der Waals surface area contributed by atoms with E-state index in [2.05, 4.69) is 15.5 Å². The largest absolute Gasteiger partial charge is 0.411 e. The summed E-state index contributed by atoms with van der Waals surface area (Å²) >= 11 is 0.907. The number of aromatic nitrogens is 2. The number of nitrogens with one attached hydrogen (secondary N) is 1. The zero-order valence-electron chi connectivity index (χ0n) is 12.5. The third-order valence-electron chi connectivity index (χ3n) is 3.05. The van der Waals surface area contributed by atoms with Gasteiger partial charge >= 0.3 is 0 Å². The maximum atomic E-state index is 13.5. The Bertz CT molecular complexity index is 880. The molecule has 0 saturated carbocycles. The van der Waals surface area contributed by atoms with Crippen LogP contribution in [0.5, 0.6) is 0 Å². The first-order valence-electron chi connectivity index (χ1n) is 6.99. The monoisotopic (exact) mass is 365 g/mol. The fourth-order valence-corrected chi connectivity index (χ4v) is 2.46. The Balaban J connectivity index is 1.60. The van der Waals surface area contributed by atoms with Gasteiger partial charge in [0.15, 0.2) is 0 Å². The van der Waals surface area contributed by atoms with Crippen LogP contribution in [0.25, 0.3) is 11.5 Å². The molecule has 0 aliphatic rings. The van der Waals surface area contributed by atoms with Crippen LogP contribution in [0.1, 0.15) is 0 Å². The molecule has 128 valence electrons. The van der Waals surface area contributed by atoms with Gasteiger partial charge in [0.25, 0.3) is 5.22 Å². The molecule has 0 aliphatic carbocycles. The molecule has 25 heavy (non-hydrogen) atoms. The first-order valence-corrected chi connectivity index (χ1v) is 7.97. The molecule has 0 fully saturated rings. The van der Waals surface area contributed by atoms with E-state index < -0.39 is 29.0 Å². The summed E-state index contributed by atoms with van der Waals surface area (Å²) in [5, 5.41) is 9.80. The predicted molar refractivity (Wildman–Crippen MR) is 85.4 cm³/mol. The summed E-state index contributed by atoms with van der Waals surface area (Å²) in [5.74, 6) is -2.77. The lowest BCUT2D eigenvalue weighted by molar-refractivity contribution is -0.113. The zero-order valence-corrected chi connectivity index (χ0v) is 13.3. The van der Waals surface area contributed by atoms with E-state index in [1.165, 1.54) is 30.3 Å². The first-order chi connectivity index (χ1) is 12.0. The van der Waals surface area contributed by atoms with E-state index in [0.717, 1.165) is 23.9 Å². The molecule has 1 N–H and O–H groups in total. The number of anilines is 1. The smallest absolute Gasteiger partial charge is 0.277 e. The molecule has 3 rings (SSSR count). The Hall–Kier alpha value is -2.81. The molecule has 1 amide bonds. The molecule has 2 aromatic carbocycles. The van der Waals surface area contributed by atoms with Crippen LogP contribution in [0.4, 0.5) is 18.9 Å². The second kappa shape index (κ2) is 7.39. The van der Waals surface area contributed by atoms with E-state index in [9.17, 15) is 18.0 Å². The van der Waals surface area contributed by atoms with Crippen LogP contribution in [-0.4, -0.2) is 21.9 Å². The normalized spacial score (nSPS) is 10.7. The molecule has 5 nitrogen and oxygen atoms in total. The van der Waals surface area contributed by atoms with Crippen molar-refractivity contribution in [3.8, 4) is 11.5 Å². The summed E-state index contributed by atoms with van der Waals surface area (Å²) < 4.78 is 45.2. The van der Waals surface area contributed by atoms with E-state index in [1.54, 1.807) is 0 Å². The topological polar surface area (TPSA) is 68.0 Å². The van der Waals surface area contributed by atoms with Crippen LogP contribution in [0.2, 0.25) is 0 Å². The third kappa shape index (κ3) is 4.18. The molecule has 0 atom stereocenters. The Labute approximate surface area is 144 Å². The average molecular weight is 365 g/mol. The summed E-state index contributed by atoms with van der Waals surface area (Å²) in [6.07, 6.45) is 0. The number of thioether (sulfide) groups is 1. The molecule has 1 aromatic heterocycles. The number of nitrogens with zero attached hydrogens (tertiary/aromatic N) is 2. The van der Waals surface area contributed by atoms with Crippen LogP contribution >= 0.6 is 11.8 Å². The SMILES string of the molecule is O=C(CSc1nnc(-c2ccc(F)cc2)o1)Nc1c(F)cccc1F. The highest BCUT2D eigenvalue weighted by atomic mass is 32.2.